The van der Waals surface area contributed by atoms with Crippen LogP contribution in [0.2, 0.25) is 0 Å². The first kappa shape index (κ1) is 18.0. The zero-order chi connectivity index (χ0) is 19.8. The number of carbonyl (C=O) groups excluding carboxylic acids is 3. The SMILES string of the molecule is CN1C(=O)C2=NC(c3ccc(OCC(=O)N4CCCC4)cc3)=NC2=[N+](C)C1=O. The highest BCUT2D eigenvalue weighted by atomic mass is 16.5. The van der Waals surface area contributed by atoms with Gasteiger partial charge in [-0.1, -0.05) is 4.99 Å². The van der Waals surface area contributed by atoms with E-state index in [9.17, 15) is 14.4 Å². The van der Waals surface area contributed by atoms with Crippen LogP contribution >= 0.6 is 0 Å². The third-order valence-corrected chi connectivity index (χ3v) is 4.97. The second-order valence-electron chi connectivity index (χ2n) is 6.83. The molecule has 3 heterocycles. The van der Waals surface area contributed by atoms with Crippen molar-refractivity contribution in [2.24, 2.45) is 9.98 Å². The third-order valence-electron chi connectivity index (χ3n) is 4.97. The smallest absolute Gasteiger partial charge is 0.446 e. The second kappa shape index (κ2) is 6.99. The maximum atomic E-state index is 12.2. The topological polar surface area (TPSA) is 94.7 Å². The van der Waals surface area contributed by atoms with Gasteiger partial charge in [-0.15, -0.1) is 0 Å². The van der Waals surface area contributed by atoms with E-state index >= 15 is 0 Å². The number of aliphatic imine (C=N–C) groups is 2. The lowest BCUT2D eigenvalue weighted by Gasteiger charge is -2.15. The minimum atomic E-state index is -0.475. The lowest BCUT2D eigenvalue weighted by molar-refractivity contribution is -0.401. The molecule has 0 aliphatic carbocycles. The number of amidine groups is 2. The maximum Gasteiger partial charge on any atom is 0.446 e. The highest BCUT2D eigenvalue weighted by Gasteiger charge is 2.44. The van der Waals surface area contributed by atoms with Crippen LogP contribution in [0.15, 0.2) is 34.3 Å². The van der Waals surface area contributed by atoms with Crippen molar-refractivity contribution in [3.8, 4) is 5.75 Å². The molecular weight excluding hydrogens is 362 g/mol. The molecule has 28 heavy (non-hydrogen) atoms. The summed E-state index contributed by atoms with van der Waals surface area (Å²) in [6, 6.07) is 6.52. The summed E-state index contributed by atoms with van der Waals surface area (Å²) in [5.41, 5.74) is 0.833. The van der Waals surface area contributed by atoms with Gasteiger partial charge in [-0.05, 0) is 37.1 Å². The summed E-state index contributed by atoms with van der Waals surface area (Å²) in [4.78, 5) is 47.8. The van der Waals surface area contributed by atoms with Crippen molar-refractivity contribution in [3.63, 3.8) is 0 Å². The number of urea groups is 1. The van der Waals surface area contributed by atoms with Crippen molar-refractivity contribution < 1.29 is 23.7 Å². The number of likely N-dealkylation sites (tertiary alicyclic amines) is 1. The number of benzene rings is 1. The first-order valence-electron chi connectivity index (χ1n) is 9.07. The van der Waals surface area contributed by atoms with E-state index in [1.165, 1.54) is 11.6 Å². The Balaban J connectivity index is 1.48. The Morgan fingerprint density at radius 2 is 1.82 bits per heavy atom. The number of fused-ring (bicyclic) bond motifs is 1. The van der Waals surface area contributed by atoms with Gasteiger partial charge in [0.05, 0.1) is 14.1 Å². The minimum Gasteiger partial charge on any atom is -0.484 e. The molecule has 4 amide bonds. The molecule has 4 rings (SSSR count). The van der Waals surface area contributed by atoms with E-state index in [0.29, 0.717) is 17.1 Å². The van der Waals surface area contributed by atoms with Crippen molar-refractivity contribution >= 4 is 35.2 Å². The van der Waals surface area contributed by atoms with E-state index in [1.807, 2.05) is 4.90 Å². The predicted octanol–water partition coefficient (Wildman–Crippen LogP) is 0.522. The van der Waals surface area contributed by atoms with E-state index in [-0.39, 0.29) is 24.1 Å². The number of hydrogen-bond donors (Lipinski definition) is 0. The van der Waals surface area contributed by atoms with Crippen LogP contribution in [0.5, 0.6) is 5.75 Å². The van der Waals surface area contributed by atoms with Gasteiger partial charge in [-0.3, -0.25) is 4.79 Å². The predicted molar refractivity (Wildman–Crippen MR) is 101 cm³/mol. The van der Waals surface area contributed by atoms with Crippen LogP contribution in [0, 0.1) is 0 Å². The van der Waals surface area contributed by atoms with Crippen LogP contribution in [0.25, 0.3) is 0 Å². The molecule has 0 spiro atoms. The van der Waals surface area contributed by atoms with Crippen LogP contribution in [-0.2, 0) is 9.59 Å². The fourth-order valence-electron chi connectivity index (χ4n) is 3.31. The molecule has 1 aromatic rings. The number of ether oxygens (including phenoxy) is 1. The maximum absolute atomic E-state index is 12.2. The van der Waals surface area contributed by atoms with Gasteiger partial charge in [0.1, 0.15) is 5.75 Å². The summed E-state index contributed by atoms with van der Waals surface area (Å²) in [7, 11) is 2.96. The molecule has 1 saturated heterocycles. The number of hydrogen-bond acceptors (Lipinski definition) is 6. The number of amides is 4. The van der Waals surface area contributed by atoms with Gasteiger partial charge >= 0.3 is 17.8 Å². The average molecular weight is 382 g/mol. The number of rotatable bonds is 4. The summed E-state index contributed by atoms with van der Waals surface area (Å²) >= 11 is 0. The molecule has 3 aliphatic rings. The van der Waals surface area contributed by atoms with Crippen LogP contribution in [0.4, 0.5) is 4.79 Å². The first-order valence-corrected chi connectivity index (χ1v) is 9.07. The molecule has 9 nitrogen and oxygen atoms in total. The van der Waals surface area contributed by atoms with Crippen LogP contribution < -0.4 is 4.74 Å². The Labute approximate surface area is 161 Å². The summed E-state index contributed by atoms with van der Waals surface area (Å²) in [5.74, 6) is 0.685. The molecular formula is C19H20N5O4+. The minimum absolute atomic E-state index is 0.00820. The van der Waals surface area contributed by atoms with Gasteiger partial charge < -0.3 is 9.64 Å². The molecule has 0 N–H and O–H groups in total. The number of nitrogens with zero attached hydrogens (tertiary/aromatic N) is 5. The molecule has 1 fully saturated rings. The van der Waals surface area contributed by atoms with Crippen LogP contribution in [-0.4, -0.2) is 83.4 Å². The standard InChI is InChI=1S/C19H20N5O4/c1-22-17-15(18(26)23(2)19(22)27)20-16(21-17)12-5-7-13(8-6-12)28-11-14(25)24-9-3-4-10-24/h5-8H,3-4,9-11H2,1-2H3/q+1. The largest absolute Gasteiger partial charge is 0.484 e. The lowest BCUT2D eigenvalue weighted by Crippen LogP contribution is -2.51. The third kappa shape index (κ3) is 3.08. The van der Waals surface area contributed by atoms with E-state index in [1.54, 1.807) is 31.3 Å². The molecule has 0 saturated carbocycles. The second-order valence-corrected chi connectivity index (χ2v) is 6.83. The summed E-state index contributed by atoms with van der Waals surface area (Å²) in [6.45, 7) is 1.60. The van der Waals surface area contributed by atoms with Crippen molar-refractivity contribution in [3.05, 3.63) is 29.8 Å². The van der Waals surface area contributed by atoms with Gasteiger partial charge in [-0.2, -0.15) is 14.5 Å². The monoisotopic (exact) mass is 382 g/mol. The zero-order valence-corrected chi connectivity index (χ0v) is 15.7. The number of imide groups is 1. The Hall–Kier alpha value is -3.36. The Morgan fingerprint density at radius 3 is 2.50 bits per heavy atom. The highest BCUT2D eigenvalue weighted by molar-refractivity contribution is 6.70. The van der Waals surface area contributed by atoms with Gasteiger partial charge in [0.2, 0.25) is 11.5 Å². The molecule has 3 aliphatic heterocycles. The zero-order valence-electron chi connectivity index (χ0n) is 15.7. The fraction of sp³-hybridized carbons (Fsp3) is 0.368. The Kier molecular flexibility index (Phi) is 4.50. The van der Waals surface area contributed by atoms with Gasteiger partial charge in [0.15, 0.2) is 6.61 Å². The molecule has 1 aromatic carbocycles. The van der Waals surface area contributed by atoms with Crippen molar-refractivity contribution in [2.45, 2.75) is 12.8 Å². The van der Waals surface area contributed by atoms with Gasteiger partial charge in [0, 0.05) is 18.7 Å². The summed E-state index contributed by atoms with van der Waals surface area (Å²) in [5, 5.41) is 0. The Morgan fingerprint density at radius 1 is 1.14 bits per heavy atom. The van der Waals surface area contributed by atoms with Crippen LogP contribution in [0.1, 0.15) is 18.4 Å². The number of carbonyl (C=O) groups is 3. The van der Waals surface area contributed by atoms with E-state index < -0.39 is 11.9 Å². The van der Waals surface area contributed by atoms with E-state index in [4.69, 9.17) is 4.74 Å². The molecule has 0 atom stereocenters. The summed E-state index contributed by atoms with van der Waals surface area (Å²) < 4.78 is 6.87. The van der Waals surface area contributed by atoms with E-state index in [0.717, 1.165) is 30.8 Å². The van der Waals surface area contributed by atoms with Crippen molar-refractivity contribution in [1.82, 2.24) is 9.80 Å². The molecule has 9 heteroatoms. The fourth-order valence-corrected chi connectivity index (χ4v) is 3.31. The van der Waals surface area contributed by atoms with Gasteiger partial charge in [-0.25, -0.2) is 9.59 Å². The molecule has 0 aromatic heterocycles. The lowest BCUT2D eigenvalue weighted by atomic mass is 10.2. The van der Waals surface area contributed by atoms with Crippen molar-refractivity contribution in [1.29, 1.82) is 0 Å². The van der Waals surface area contributed by atoms with Crippen LogP contribution in [0.3, 0.4) is 0 Å². The highest BCUT2D eigenvalue weighted by Crippen LogP contribution is 2.18. The molecule has 0 bridgehead atoms. The normalized spacial score (nSPS) is 19.1. The first-order chi connectivity index (χ1) is 13.5. The van der Waals surface area contributed by atoms with Crippen molar-refractivity contribution in [2.75, 3.05) is 33.8 Å². The molecule has 0 unspecified atom stereocenters. The molecule has 0 radical (unpaired) electrons. The Bertz CT molecular complexity index is 955. The summed E-state index contributed by atoms with van der Waals surface area (Å²) in [6.07, 6.45) is 2.09. The quantitative estimate of drug-likeness (QED) is 0.710. The van der Waals surface area contributed by atoms with E-state index in [2.05, 4.69) is 9.98 Å². The van der Waals surface area contributed by atoms with Gasteiger partial charge in [0.25, 0.3) is 5.91 Å². The molecule has 144 valence electrons. The average Bonchev–Trinajstić information content (AvgIpc) is 3.39.